The van der Waals surface area contributed by atoms with Gasteiger partial charge in [-0.15, -0.1) is 0 Å². The molecule has 5 heteroatoms. The van der Waals surface area contributed by atoms with Crippen molar-refractivity contribution in [2.24, 2.45) is 62.5 Å². The van der Waals surface area contributed by atoms with Gasteiger partial charge < -0.3 is 9.64 Å². The topological polar surface area (TPSA) is 54.3 Å². The average Bonchev–Trinajstić information content (AvgIpc) is 3.45. The number of anilines is 1. The first-order valence-electron chi connectivity index (χ1n) is 19.3. The van der Waals surface area contributed by atoms with Crippen LogP contribution in [0.1, 0.15) is 110 Å². The maximum absolute atomic E-state index is 13.2. The van der Waals surface area contributed by atoms with Crippen LogP contribution in [0, 0.1) is 52.3 Å². The van der Waals surface area contributed by atoms with Gasteiger partial charge in [-0.1, -0.05) is 65.3 Å². The number of benzene rings is 2. The number of hydrogen-bond donors (Lipinski definition) is 0. The van der Waals surface area contributed by atoms with Crippen LogP contribution in [0.2, 0.25) is 0 Å². The molecule has 0 radical (unpaired) electrons. The summed E-state index contributed by atoms with van der Waals surface area (Å²) in [5, 5.41) is 8.72. The third-order valence-corrected chi connectivity index (χ3v) is 13.8. The van der Waals surface area contributed by atoms with Crippen molar-refractivity contribution in [3.63, 3.8) is 0 Å². The van der Waals surface area contributed by atoms with Crippen LogP contribution in [0.3, 0.4) is 0 Å². The van der Waals surface area contributed by atoms with Crippen LogP contribution in [0.25, 0.3) is 0 Å². The second-order valence-corrected chi connectivity index (χ2v) is 17.0. The smallest absolute Gasteiger partial charge is 0.338 e. The molecule has 4 aliphatic rings. The van der Waals surface area contributed by atoms with Crippen molar-refractivity contribution in [1.82, 2.24) is 0 Å². The van der Waals surface area contributed by atoms with Crippen molar-refractivity contribution in [2.45, 2.75) is 105 Å². The highest BCUT2D eigenvalue weighted by atomic mass is 16.5. The first-order valence-corrected chi connectivity index (χ1v) is 19.3. The van der Waals surface area contributed by atoms with Crippen molar-refractivity contribution in [1.29, 1.82) is 0 Å². The molecule has 2 unspecified atom stereocenters. The van der Waals surface area contributed by atoms with Gasteiger partial charge in [0.25, 0.3) is 0 Å². The van der Waals surface area contributed by atoms with Gasteiger partial charge in [-0.3, -0.25) is 0 Å². The molecule has 4 aliphatic carbocycles. The minimum atomic E-state index is -0.238. The van der Waals surface area contributed by atoms with E-state index in [9.17, 15) is 4.79 Å². The van der Waals surface area contributed by atoms with E-state index in [0.717, 1.165) is 54.3 Å². The van der Waals surface area contributed by atoms with Crippen LogP contribution in [0.5, 0.6) is 0 Å². The second kappa shape index (κ2) is 14.6. The van der Waals surface area contributed by atoms with E-state index in [4.69, 9.17) is 4.74 Å². The number of allylic oxidation sites excluding steroid dienone is 3. The predicted octanol–water partition coefficient (Wildman–Crippen LogP) is 12.1. The van der Waals surface area contributed by atoms with Gasteiger partial charge in [-0.05, 0) is 152 Å². The summed E-state index contributed by atoms with van der Waals surface area (Å²) in [6.45, 7) is 14.8. The summed E-state index contributed by atoms with van der Waals surface area (Å²) in [5.41, 5.74) is 5.44. The van der Waals surface area contributed by atoms with E-state index in [1.54, 1.807) is 17.7 Å². The van der Waals surface area contributed by atoms with Gasteiger partial charge in [0.1, 0.15) is 6.10 Å². The maximum atomic E-state index is 13.2. The van der Waals surface area contributed by atoms with Crippen LogP contribution < -0.4 is 4.90 Å². The lowest BCUT2D eigenvalue weighted by molar-refractivity contribution is -0.0565. The Labute approximate surface area is 296 Å². The Morgan fingerprint density at radius 2 is 1.57 bits per heavy atom. The highest BCUT2D eigenvalue weighted by Crippen LogP contribution is 2.67. The third kappa shape index (κ3) is 7.19. The number of fused-ring (bicyclic) bond motifs is 5. The van der Waals surface area contributed by atoms with E-state index in [0.29, 0.717) is 34.4 Å². The molecular weight excluding hydrogens is 603 g/mol. The summed E-state index contributed by atoms with van der Waals surface area (Å²) >= 11 is 0. The predicted molar refractivity (Wildman–Crippen MR) is 203 cm³/mol. The van der Waals surface area contributed by atoms with Crippen LogP contribution >= 0.6 is 0 Å². The molecule has 2 aromatic rings. The van der Waals surface area contributed by atoms with Crippen molar-refractivity contribution in [3.05, 3.63) is 77.9 Å². The molecular formula is C44H61N3O2. The molecule has 0 bridgehead atoms. The summed E-state index contributed by atoms with van der Waals surface area (Å²) < 4.78 is 6.15. The number of carbonyl (C=O) groups excluding carboxylic acids is 1. The molecule has 0 aliphatic heterocycles. The Kier molecular flexibility index (Phi) is 10.6. The summed E-state index contributed by atoms with van der Waals surface area (Å²) in [4.78, 5) is 15.3. The molecule has 2 aromatic carbocycles. The van der Waals surface area contributed by atoms with Gasteiger partial charge in [0, 0.05) is 26.2 Å². The lowest BCUT2D eigenvalue weighted by atomic mass is 9.47. The minimum absolute atomic E-state index is 0.0528. The Morgan fingerprint density at radius 3 is 2.20 bits per heavy atom. The van der Waals surface area contributed by atoms with Crippen LogP contribution in [0.15, 0.2) is 82.6 Å². The zero-order valence-electron chi connectivity index (χ0n) is 31.5. The number of ether oxygens (including phenoxy) is 1. The minimum Gasteiger partial charge on any atom is -0.458 e. The lowest BCUT2D eigenvalue weighted by Crippen LogP contribution is -2.51. The molecule has 9 atom stereocenters. The SMILES string of the molecule is CC[C@H](/C=C/[C@@H](C)C1CC[C@H]2[C@@H]3CC=C4CC(OC(=O)c5ccc(N=Nc6ccc(N(C)C)cc6)cc5)CC[C@]4(C)[C@H]3CC[C@]12C)C(C)C. The lowest BCUT2D eigenvalue weighted by Gasteiger charge is -2.58. The van der Waals surface area contributed by atoms with Crippen molar-refractivity contribution < 1.29 is 9.53 Å². The van der Waals surface area contributed by atoms with E-state index in [2.05, 4.69) is 74.9 Å². The molecule has 0 amide bonds. The molecule has 0 spiro atoms. The molecule has 264 valence electrons. The van der Waals surface area contributed by atoms with Gasteiger partial charge >= 0.3 is 5.97 Å². The summed E-state index contributed by atoms with van der Waals surface area (Å²) in [5.74, 6) is 5.00. The van der Waals surface area contributed by atoms with E-state index in [1.807, 2.05) is 50.5 Å². The molecule has 6 rings (SSSR count). The van der Waals surface area contributed by atoms with Gasteiger partial charge in [0.05, 0.1) is 16.9 Å². The Balaban J connectivity index is 1.06. The fourth-order valence-corrected chi connectivity index (χ4v) is 10.7. The summed E-state index contributed by atoms with van der Waals surface area (Å²) in [6.07, 6.45) is 18.5. The van der Waals surface area contributed by atoms with Crippen LogP contribution in [0.4, 0.5) is 17.1 Å². The van der Waals surface area contributed by atoms with Gasteiger partial charge in [-0.25, -0.2) is 4.79 Å². The van der Waals surface area contributed by atoms with E-state index in [-0.39, 0.29) is 17.5 Å². The standard InChI is InChI=1S/C44H61N3O2/c1-9-31(29(2)3)11-10-30(4)39-22-23-40-38-21-14-33-28-37(24-26-43(33,5)41(38)25-27-44(39,40)6)49-42(48)32-12-15-34(16-13-32)45-46-35-17-19-36(20-18-35)47(7)8/h10-20,29-31,37-41H,9,21-28H2,1-8H3/b11-10+,46-45?/t30-,31-,37?,38+,39?,40+,41+,43+,44-/m1/s1. The average molecular weight is 664 g/mol. The molecule has 0 N–H and O–H groups in total. The highest BCUT2D eigenvalue weighted by molar-refractivity contribution is 5.89. The quantitative estimate of drug-likeness (QED) is 0.144. The molecule has 5 nitrogen and oxygen atoms in total. The first kappa shape index (κ1) is 35.6. The highest BCUT2D eigenvalue weighted by Gasteiger charge is 2.59. The molecule has 0 saturated heterocycles. The van der Waals surface area contributed by atoms with Crippen molar-refractivity contribution in [2.75, 3.05) is 19.0 Å². The van der Waals surface area contributed by atoms with Gasteiger partial charge in [0.2, 0.25) is 0 Å². The number of esters is 1. The van der Waals surface area contributed by atoms with Crippen molar-refractivity contribution in [3.8, 4) is 0 Å². The largest absolute Gasteiger partial charge is 0.458 e. The van der Waals surface area contributed by atoms with E-state index in [1.165, 1.54) is 38.5 Å². The Hall–Kier alpha value is -3.21. The van der Waals surface area contributed by atoms with E-state index < -0.39 is 0 Å². The Morgan fingerprint density at radius 1 is 0.898 bits per heavy atom. The molecule has 3 saturated carbocycles. The number of hydrogen-bond acceptors (Lipinski definition) is 5. The number of carbonyl (C=O) groups is 1. The van der Waals surface area contributed by atoms with Crippen molar-refractivity contribution >= 4 is 23.0 Å². The fraction of sp³-hybridized carbons (Fsp3) is 0.614. The first-order chi connectivity index (χ1) is 23.4. The maximum Gasteiger partial charge on any atom is 0.338 e. The molecule has 49 heavy (non-hydrogen) atoms. The summed E-state index contributed by atoms with van der Waals surface area (Å²) in [6, 6.07) is 15.2. The zero-order chi connectivity index (χ0) is 34.9. The van der Waals surface area contributed by atoms with Gasteiger partial charge in [-0.2, -0.15) is 10.2 Å². The van der Waals surface area contributed by atoms with Gasteiger partial charge in [0.15, 0.2) is 0 Å². The fourth-order valence-electron chi connectivity index (χ4n) is 10.7. The number of azo groups is 1. The Bertz CT molecular complexity index is 1540. The summed E-state index contributed by atoms with van der Waals surface area (Å²) in [7, 11) is 4.03. The monoisotopic (exact) mass is 663 g/mol. The number of nitrogens with zero attached hydrogens (tertiary/aromatic N) is 3. The van der Waals surface area contributed by atoms with Crippen LogP contribution in [-0.2, 0) is 4.74 Å². The second-order valence-electron chi connectivity index (χ2n) is 17.0. The van der Waals surface area contributed by atoms with E-state index >= 15 is 0 Å². The molecule has 0 aromatic heterocycles. The normalized spacial score (nSPS) is 32.3. The third-order valence-electron chi connectivity index (χ3n) is 13.8. The number of rotatable bonds is 10. The molecule has 0 heterocycles. The molecule has 3 fully saturated rings. The zero-order valence-corrected chi connectivity index (χ0v) is 31.5. The van der Waals surface area contributed by atoms with Crippen LogP contribution in [-0.4, -0.2) is 26.2 Å².